The summed E-state index contributed by atoms with van der Waals surface area (Å²) >= 11 is 0. The number of hydrogen-bond donors (Lipinski definition) is 1. The fourth-order valence-corrected chi connectivity index (χ4v) is 2.90. The Morgan fingerprint density at radius 2 is 2.11 bits per heavy atom. The Bertz CT molecular complexity index is 394. The molecule has 0 saturated carbocycles. The summed E-state index contributed by atoms with van der Waals surface area (Å²) in [7, 11) is 0. The van der Waals surface area contributed by atoms with Crippen molar-refractivity contribution in [2.24, 2.45) is 5.73 Å². The predicted molar refractivity (Wildman–Crippen MR) is 77.4 cm³/mol. The minimum absolute atomic E-state index is 0.182. The molecule has 1 aromatic carbocycles. The van der Waals surface area contributed by atoms with Crippen molar-refractivity contribution in [2.45, 2.75) is 51.1 Å². The van der Waals surface area contributed by atoms with E-state index in [1.165, 1.54) is 31.7 Å². The van der Waals surface area contributed by atoms with Crippen molar-refractivity contribution in [3.63, 3.8) is 0 Å². The summed E-state index contributed by atoms with van der Waals surface area (Å²) in [6.07, 6.45) is 6.04. The van der Waals surface area contributed by atoms with E-state index in [0.717, 1.165) is 19.5 Å². The first kappa shape index (κ1) is 14.5. The standard InChI is InChI=1S/C16H25FN2/c1-13-7-3-2-6-11-19(13)12-10-16(18)14-8-4-5-9-15(14)17/h4-5,8-9,13,16H,2-3,6-7,10-12,18H2,1H3. The Hall–Kier alpha value is -0.930. The summed E-state index contributed by atoms with van der Waals surface area (Å²) in [6.45, 7) is 4.42. The molecule has 1 fully saturated rings. The Morgan fingerprint density at radius 1 is 1.32 bits per heavy atom. The molecule has 2 nitrogen and oxygen atoms in total. The van der Waals surface area contributed by atoms with Crippen LogP contribution in [0.15, 0.2) is 24.3 Å². The van der Waals surface area contributed by atoms with Gasteiger partial charge in [-0.3, -0.25) is 0 Å². The summed E-state index contributed by atoms with van der Waals surface area (Å²) in [4.78, 5) is 2.51. The van der Waals surface area contributed by atoms with Crippen LogP contribution in [0.1, 0.15) is 50.6 Å². The number of nitrogens with zero attached hydrogens (tertiary/aromatic N) is 1. The number of rotatable bonds is 4. The van der Waals surface area contributed by atoms with Gasteiger partial charge in [-0.25, -0.2) is 4.39 Å². The van der Waals surface area contributed by atoms with Crippen LogP contribution in [0.2, 0.25) is 0 Å². The van der Waals surface area contributed by atoms with Gasteiger partial charge in [0.1, 0.15) is 5.82 Å². The molecule has 3 heteroatoms. The highest BCUT2D eigenvalue weighted by Crippen LogP contribution is 2.21. The van der Waals surface area contributed by atoms with Crippen molar-refractivity contribution in [3.8, 4) is 0 Å². The summed E-state index contributed by atoms with van der Waals surface area (Å²) in [5.41, 5.74) is 6.77. The van der Waals surface area contributed by atoms with E-state index in [-0.39, 0.29) is 11.9 Å². The summed E-state index contributed by atoms with van der Waals surface area (Å²) in [6, 6.07) is 7.29. The Morgan fingerprint density at radius 3 is 2.89 bits per heavy atom. The average molecular weight is 264 g/mol. The van der Waals surface area contributed by atoms with Gasteiger partial charge in [-0.1, -0.05) is 31.0 Å². The first-order chi connectivity index (χ1) is 9.18. The van der Waals surface area contributed by atoms with E-state index in [0.29, 0.717) is 11.6 Å². The van der Waals surface area contributed by atoms with E-state index in [2.05, 4.69) is 11.8 Å². The zero-order valence-electron chi connectivity index (χ0n) is 11.8. The Balaban J connectivity index is 1.89. The molecule has 0 amide bonds. The van der Waals surface area contributed by atoms with Gasteiger partial charge in [0.2, 0.25) is 0 Å². The van der Waals surface area contributed by atoms with Gasteiger partial charge in [-0.15, -0.1) is 0 Å². The molecule has 1 aliphatic heterocycles. The molecule has 1 saturated heterocycles. The monoisotopic (exact) mass is 264 g/mol. The fraction of sp³-hybridized carbons (Fsp3) is 0.625. The smallest absolute Gasteiger partial charge is 0.127 e. The third-order valence-corrected chi connectivity index (χ3v) is 4.22. The lowest BCUT2D eigenvalue weighted by atomic mass is 10.0. The molecule has 0 bridgehead atoms. The molecule has 2 unspecified atom stereocenters. The largest absolute Gasteiger partial charge is 0.324 e. The van der Waals surface area contributed by atoms with Crippen LogP contribution in [0.5, 0.6) is 0 Å². The van der Waals surface area contributed by atoms with Crippen LogP contribution in [-0.4, -0.2) is 24.0 Å². The van der Waals surface area contributed by atoms with Gasteiger partial charge in [-0.05, 0) is 38.8 Å². The van der Waals surface area contributed by atoms with Crippen molar-refractivity contribution in [3.05, 3.63) is 35.6 Å². The molecular formula is C16H25FN2. The fourth-order valence-electron chi connectivity index (χ4n) is 2.90. The molecule has 1 aromatic rings. The van der Waals surface area contributed by atoms with Gasteiger partial charge in [-0.2, -0.15) is 0 Å². The first-order valence-electron chi connectivity index (χ1n) is 7.42. The maximum atomic E-state index is 13.7. The molecule has 106 valence electrons. The minimum Gasteiger partial charge on any atom is -0.324 e. The first-order valence-corrected chi connectivity index (χ1v) is 7.42. The van der Waals surface area contributed by atoms with Crippen LogP contribution in [0, 0.1) is 5.82 Å². The highest BCUT2D eigenvalue weighted by atomic mass is 19.1. The number of likely N-dealkylation sites (tertiary alicyclic amines) is 1. The quantitative estimate of drug-likeness (QED) is 0.902. The van der Waals surface area contributed by atoms with E-state index in [4.69, 9.17) is 5.73 Å². The zero-order valence-corrected chi connectivity index (χ0v) is 11.8. The van der Waals surface area contributed by atoms with Crippen LogP contribution >= 0.6 is 0 Å². The van der Waals surface area contributed by atoms with Crippen LogP contribution in [0.25, 0.3) is 0 Å². The van der Waals surface area contributed by atoms with Crippen molar-refractivity contribution in [2.75, 3.05) is 13.1 Å². The van der Waals surface area contributed by atoms with Crippen molar-refractivity contribution in [1.29, 1.82) is 0 Å². The van der Waals surface area contributed by atoms with Crippen LogP contribution in [0.4, 0.5) is 4.39 Å². The number of halogens is 1. The van der Waals surface area contributed by atoms with Gasteiger partial charge in [0, 0.05) is 24.2 Å². The Kier molecular flexibility index (Phi) is 5.34. The molecule has 2 atom stereocenters. The summed E-state index contributed by atoms with van der Waals surface area (Å²) in [5, 5.41) is 0. The van der Waals surface area contributed by atoms with Crippen LogP contribution in [0.3, 0.4) is 0 Å². The SMILES string of the molecule is CC1CCCCCN1CCC(N)c1ccccc1F. The molecule has 2 N–H and O–H groups in total. The second-order valence-electron chi connectivity index (χ2n) is 5.65. The molecule has 19 heavy (non-hydrogen) atoms. The highest BCUT2D eigenvalue weighted by molar-refractivity contribution is 5.20. The van der Waals surface area contributed by atoms with Crippen molar-refractivity contribution < 1.29 is 4.39 Å². The minimum atomic E-state index is -0.198. The maximum absolute atomic E-state index is 13.7. The molecule has 0 aliphatic carbocycles. The van der Waals surface area contributed by atoms with E-state index in [1.54, 1.807) is 12.1 Å². The second-order valence-corrected chi connectivity index (χ2v) is 5.65. The van der Waals surface area contributed by atoms with Gasteiger partial charge in [0.05, 0.1) is 0 Å². The van der Waals surface area contributed by atoms with E-state index < -0.39 is 0 Å². The van der Waals surface area contributed by atoms with Gasteiger partial charge >= 0.3 is 0 Å². The Labute approximate surface area is 115 Å². The normalized spacial score (nSPS) is 23.0. The topological polar surface area (TPSA) is 29.3 Å². The molecule has 0 radical (unpaired) electrons. The number of nitrogens with two attached hydrogens (primary N) is 1. The maximum Gasteiger partial charge on any atom is 0.127 e. The van der Waals surface area contributed by atoms with E-state index in [1.807, 2.05) is 6.07 Å². The van der Waals surface area contributed by atoms with Crippen molar-refractivity contribution in [1.82, 2.24) is 4.90 Å². The second kappa shape index (κ2) is 7.01. The average Bonchev–Trinajstić information content (AvgIpc) is 2.61. The summed E-state index contributed by atoms with van der Waals surface area (Å²) < 4.78 is 13.7. The van der Waals surface area contributed by atoms with Crippen molar-refractivity contribution >= 4 is 0 Å². The summed E-state index contributed by atoms with van der Waals surface area (Å²) in [5.74, 6) is -0.182. The van der Waals surface area contributed by atoms with Gasteiger partial charge < -0.3 is 10.6 Å². The van der Waals surface area contributed by atoms with Gasteiger partial charge in [0.15, 0.2) is 0 Å². The molecule has 1 heterocycles. The van der Waals surface area contributed by atoms with E-state index >= 15 is 0 Å². The molecule has 2 rings (SSSR count). The van der Waals surface area contributed by atoms with Crippen LogP contribution < -0.4 is 5.73 Å². The molecule has 0 spiro atoms. The van der Waals surface area contributed by atoms with Gasteiger partial charge in [0.25, 0.3) is 0 Å². The number of hydrogen-bond acceptors (Lipinski definition) is 2. The number of benzene rings is 1. The molecule has 1 aliphatic rings. The highest BCUT2D eigenvalue weighted by Gasteiger charge is 2.18. The predicted octanol–water partition coefficient (Wildman–Crippen LogP) is 3.48. The van der Waals surface area contributed by atoms with Crippen LogP contribution in [-0.2, 0) is 0 Å². The molecular weight excluding hydrogens is 239 g/mol. The third kappa shape index (κ3) is 4.02. The van der Waals surface area contributed by atoms with E-state index in [9.17, 15) is 4.39 Å². The zero-order chi connectivity index (χ0) is 13.7. The lowest BCUT2D eigenvalue weighted by molar-refractivity contribution is 0.206. The third-order valence-electron chi connectivity index (χ3n) is 4.22. The molecule has 0 aromatic heterocycles. The lowest BCUT2D eigenvalue weighted by Crippen LogP contribution is -2.34. The lowest BCUT2D eigenvalue weighted by Gasteiger charge is -2.28.